The van der Waals surface area contributed by atoms with Crippen LogP contribution in [-0.4, -0.2) is 0 Å². The van der Waals surface area contributed by atoms with E-state index in [0.29, 0.717) is 0 Å². The van der Waals surface area contributed by atoms with Crippen LogP contribution in [0.5, 0.6) is 0 Å². The zero-order valence-electron chi connectivity index (χ0n) is 7.98. The molecule has 1 aromatic rings. The molecule has 0 atom stereocenters. The van der Waals surface area contributed by atoms with E-state index in [1.807, 2.05) is 0 Å². The number of nitrogens with two attached hydrogens (primary N) is 1. The summed E-state index contributed by atoms with van der Waals surface area (Å²) >= 11 is 0. The molecule has 0 aliphatic rings. The van der Waals surface area contributed by atoms with Crippen LogP contribution in [0.15, 0.2) is 24.2 Å². The van der Waals surface area contributed by atoms with Gasteiger partial charge in [0.1, 0.15) is 5.82 Å². The van der Waals surface area contributed by atoms with E-state index in [1.165, 1.54) is 0 Å². The van der Waals surface area contributed by atoms with E-state index in [9.17, 15) is 4.39 Å². The van der Waals surface area contributed by atoms with Crippen LogP contribution >= 0.6 is 0 Å². The molecule has 1 rings (SSSR count). The van der Waals surface area contributed by atoms with E-state index < -0.39 is 11.5 Å². The SMILES string of the molecule is [2H]c1cc([2H])c(N([2H])[2H])c(F)c1. The fraction of sp³-hybridized carbons (Fsp3) is 0. The highest BCUT2D eigenvalue weighted by molar-refractivity contribution is 5.38. The molecule has 0 fully saturated rings. The Hall–Kier alpha value is -1.05. The monoisotopic (exact) mass is 115 g/mol. The molecule has 42 valence electrons. The van der Waals surface area contributed by atoms with Gasteiger partial charge in [-0.3, -0.25) is 0 Å². The van der Waals surface area contributed by atoms with Crippen LogP contribution in [0.3, 0.4) is 0 Å². The number of anilines is 1. The molecular weight excluding hydrogens is 105 g/mol. The van der Waals surface area contributed by atoms with E-state index in [0.717, 1.165) is 12.1 Å². The fourth-order valence-electron chi connectivity index (χ4n) is 0.362. The van der Waals surface area contributed by atoms with Gasteiger partial charge in [-0.2, -0.15) is 0 Å². The van der Waals surface area contributed by atoms with E-state index in [2.05, 4.69) is 0 Å². The van der Waals surface area contributed by atoms with Gasteiger partial charge in [-0.05, 0) is 12.1 Å². The van der Waals surface area contributed by atoms with Crippen molar-refractivity contribution in [3.8, 4) is 0 Å². The summed E-state index contributed by atoms with van der Waals surface area (Å²) < 4.78 is 40.5. The number of halogens is 1. The zero-order valence-corrected chi connectivity index (χ0v) is 3.98. The van der Waals surface area contributed by atoms with E-state index >= 15 is 0 Å². The maximum atomic E-state index is 12.8. The lowest BCUT2D eigenvalue weighted by Crippen LogP contribution is -1.86. The topological polar surface area (TPSA) is 26.0 Å². The molecule has 0 saturated carbocycles. The maximum absolute atomic E-state index is 12.8. The third-order valence-electron chi connectivity index (χ3n) is 0.728. The highest BCUT2D eigenvalue weighted by Gasteiger charge is 1.89. The molecule has 2 N–H and O–H groups in total. The van der Waals surface area contributed by atoms with Crippen molar-refractivity contribution in [1.82, 2.24) is 0 Å². The summed E-state index contributed by atoms with van der Waals surface area (Å²) in [7, 11) is 0. The molecule has 0 saturated heterocycles. The minimum Gasteiger partial charge on any atom is -0.396 e. The van der Waals surface area contributed by atoms with Crippen molar-refractivity contribution >= 4 is 5.69 Å². The molecule has 0 radical (unpaired) electrons. The molecule has 0 unspecified atom stereocenters. The fourth-order valence-corrected chi connectivity index (χ4v) is 0.362. The van der Waals surface area contributed by atoms with Gasteiger partial charge < -0.3 is 5.72 Å². The molecule has 1 nitrogen and oxygen atoms in total. The van der Waals surface area contributed by atoms with E-state index in [-0.39, 0.29) is 17.8 Å². The second kappa shape index (κ2) is 1.82. The van der Waals surface area contributed by atoms with Crippen LogP contribution in [-0.2, 0) is 0 Å². The number of rotatable bonds is 1. The van der Waals surface area contributed by atoms with Gasteiger partial charge in [0.25, 0.3) is 0 Å². The molecule has 0 aliphatic carbocycles. The molecule has 0 spiro atoms. The summed E-state index contributed by atoms with van der Waals surface area (Å²) in [5, 5.41) is 0. The Labute approximate surface area is 52.7 Å². The first-order valence-electron chi connectivity index (χ1n) is 3.96. The predicted molar refractivity (Wildman–Crippen MR) is 30.8 cm³/mol. The van der Waals surface area contributed by atoms with Crippen LogP contribution in [0.4, 0.5) is 10.1 Å². The Kier molecular flexibility index (Phi) is 0.467. The number of hydrogen-bond acceptors (Lipinski definition) is 1. The Bertz CT molecular complexity index is 279. The van der Waals surface area contributed by atoms with Crippen molar-refractivity contribution in [2.45, 2.75) is 0 Å². The van der Waals surface area contributed by atoms with Gasteiger partial charge in [0.2, 0.25) is 0 Å². The highest BCUT2D eigenvalue weighted by atomic mass is 19.1. The molecule has 8 heavy (non-hydrogen) atoms. The van der Waals surface area contributed by atoms with Crippen LogP contribution < -0.4 is 5.72 Å². The zero-order chi connectivity index (χ0) is 9.30. The second-order valence-corrected chi connectivity index (χ2v) is 1.30. The van der Waals surface area contributed by atoms with Crippen LogP contribution in [0, 0.1) is 5.82 Å². The largest absolute Gasteiger partial charge is 0.396 e. The van der Waals surface area contributed by atoms with Crippen molar-refractivity contribution in [2.24, 2.45) is 0 Å². The van der Waals surface area contributed by atoms with Crippen molar-refractivity contribution in [3.63, 3.8) is 0 Å². The molecule has 2 heteroatoms. The van der Waals surface area contributed by atoms with Crippen LogP contribution in [0.2, 0.25) is 2.82 Å². The highest BCUT2D eigenvalue weighted by Crippen LogP contribution is 2.05. The predicted octanol–water partition coefficient (Wildman–Crippen LogP) is 1.41. The van der Waals surface area contributed by atoms with Crippen molar-refractivity contribution in [3.05, 3.63) is 30.0 Å². The smallest absolute Gasteiger partial charge is 0.156 e. The third-order valence-corrected chi connectivity index (χ3v) is 0.728. The summed E-state index contributed by atoms with van der Waals surface area (Å²) in [5.41, 5.74) is -0.414. The molecule has 1 aromatic carbocycles. The molecule has 0 aromatic heterocycles. The average Bonchev–Trinajstić information content (AvgIpc) is 1.82. The Morgan fingerprint density at radius 3 is 3.38 bits per heavy atom. The third kappa shape index (κ3) is 0.780. The Morgan fingerprint density at radius 1 is 1.88 bits per heavy atom. The first-order valence-corrected chi connectivity index (χ1v) is 2.07. The summed E-state index contributed by atoms with van der Waals surface area (Å²) in [4.78, 5) is 0. The van der Waals surface area contributed by atoms with E-state index in [1.54, 1.807) is 0 Å². The van der Waals surface area contributed by atoms with Gasteiger partial charge in [0.05, 0.1) is 8.43 Å². The molecular formula is C6H6FN. The Morgan fingerprint density at radius 2 is 2.75 bits per heavy atom. The summed E-state index contributed by atoms with van der Waals surface area (Å²) in [6, 6.07) is 1.48. The molecule has 0 aliphatic heterocycles. The lowest BCUT2D eigenvalue weighted by atomic mass is 10.3. The van der Waals surface area contributed by atoms with Gasteiger partial charge in [0.15, 0.2) is 2.82 Å². The molecule has 0 heterocycles. The van der Waals surface area contributed by atoms with Crippen LogP contribution in [0.25, 0.3) is 0 Å². The summed E-state index contributed by atoms with van der Waals surface area (Å²) in [6.07, 6.45) is 0. The number of nitrogen functional groups attached to an aromatic ring is 1. The first-order chi connectivity index (χ1) is 5.52. The number of benzene rings is 1. The van der Waals surface area contributed by atoms with Gasteiger partial charge in [0, 0.05) is 0 Å². The maximum Gasteiger partial charge on any atom is 0.156 e. The summed E-state index contributed by atoms with van der Waals surface area (Å²) in [6.45, 7) is 0. The molecule has 0 amide bonds. The van der Waals surface area contributed by atoms with Crippen molar-refractivity contribution < 1.29 is 9.96 Å². The molecule has 0 bridgehead atoms. The summed E-state index contributed by atoms with van der Waals surface area (Å²) in [5.74, 6) is -0.891. The van der Waals surface area contributed by atoms with E-state index in [4.69, 9.17) is 5.57 Å². The standard InChI is InChI=1S/C6H6FN/c7-5-3-1-2-4-6(5)8/h1-4H,8H2/i1D,4D/hD2. The second-order valence-electron chi connectivity index (χ2n) is 1.30. The van der Waals surface area contributed by atoms with Gasteiger partial charge in [-0.25, -0.2) is 4.39 Å². The number of hydrogen-bond donors (Lipinski definition) is 1. The Balaban J connectivity index is 3.28. The van der Waals surface area contributed by atoms with Gasteiger partial charge in [-0.1, -0.05) is 12.1 Å². The lowest BCUT2D eigenvalue weighted by Gasteiger charge is -1.89. The van der Waals surface area contributed by atoms with Crippen molar-refractivity contribution in [2.75, 3.05) is 5.72 Å². The van der Waals surface area contributed by atoms with Gasteiger partial charge >= 0.3 is 0 Å². The first kappa shape index (κ1) is 2.05. The van der Waals surface area contributed by atoms with Gasteiger partial charge in [-0.15, -0.1) is 0 Å². The average molecular weight is 115 g/mol. The minimum absolute atomic E-state index is 0.0249. The minimum atomic E-state index is -0.891. The van der Waals surface area contributed by atoms with Crippen molar-refractivity contribution in [1.29, 1.82) is 0 Å². The number of para-hydroxylation sites is 1. The quantitative estimate of drug-likeness (QED) is 0.550. The van der Waals surface area contributed by atoms with Crippen LogP contribution in [0.1, 0.15) is 2.74 Å². The normalized spacial score (nSPS) is 15.6. The lowest BCUT2D eigenvalue weighted by molar-refractivity contribution is 0.632.